The molecule has 0 spiro atoms. The molecule has 0 aromatic heterocycles. The summed E-state index contributed by atoms with van der Waals surface area (Å²) in [6.45, 7) is 0.208. The van der Waals surface area contributed by atoms with Crippen LogP contribution < -0.4 is 5.32 Å². The Morgan fingerprint density at radius 1 is 1.10 bits per heavy atom. The van der Waals surface area contributed by atoms with Gasteiger partial charge in [0.15, 0.2) is 0 Å². The number of rotatable bonds is 4. The van der Waals surface area contributed by atoms with Gasteiger partial charge < -0.3 is 10.4 Å². The summed E-state index contributed by atoms with van der Waals surface area (Å²) in [6, 6.07) is 17.4. The van der Waals surface area contributed by atoms with Crippen LogP contribution in [0.5, 0.6) is 0 Å². The molecule has 0 saturated carbocycles. The highest BCUT2D eigenvalue weighted by Crippen LogP contribution is 2.33. The normalized spacial score (nSPS) is 17.6. The van der Waals surface area contributed by atoms with Gasteiger partial charge >= 0.3 is 0 Å². The van der Waals surface area contributed by atoms with Crippen molar-refractivity contribution in [3.05, 3.63) is 65.2 Å². The Kier molecular flexibility index (Phi) is 4.28. The summed E-state index contributed by atoms with van der Waals surface area (Å²) in [5, 5.41) is 12.6. The fraction of sp³-hybridized carbons (Fsp3) is 0.294. The topological polar surface area (TPSA) is 32.3 Å². The first-order chi connectivity index (χ1) is 9.86. The molecule has 3 rings (SSSR count). The molecule has 104 valence electrons. The Bertz CT molecular complexity index is 567. The molecule has 0 amide bonds. The maximum Gasteiger partial charge on any atom is 0.0607 e. The van der Waals surface area contributed by atoms with Gasteiger partial charge in [0, 0.05) is 23.8 Å². The minimum absolute atomic E-state index is 0.208. The molecule has 1 heterocycles. The van der Waals surface area contributed by atoms with E-state index in [0.29, 0.717) is 6.04 Å². The Morgan fingerprint density at radius 3 is 2.70 bits per heavy atom. The minimum Gasteiger partial charge on any atom is -0.396 e. The third kappa shape index (κ3) is 3.00. The Labute approximate surface area is 124 Å². The number of hydrogen-bond donors (Lipinski definition) is 2. The number of nitrogens with one attached hydrogen (secondary N) is 1. The lowest BCUT2D eigenvalue weighted by molar-refractivity contribution is 0.299. The van der Waals surface area contributed by atoms with Gasteiger partial charge in [-0.15, -0.1) is 0 Å². The van der Waals surface area contributed by atoms with Gasteiger partial charge in [0.1, 0.15) is 0 Å². The van der Waals surface area contributed by atoms with Crippen molar-refractivity contribution in [1.82, 2.24) is 0 Å². The molecule has 1 atom stereocenters. The summed E-state index contributed by atoms with van der Waals surface area (Å²) >= 11 is 1.98. The zero-order valence-corrected chi connectivity index (χ0v) is 12.2. The lowest BCUT2D eigenvalue weighted by Crippen LogP contribution is -2.18. The average molecular weight is 285 g/mol. The van der Waals surface area contributed by atoms with Crippen molar-refractivity contribution in [3.8, 4) is 0 Å². The Hall–Kier alpha value is -1.45. The van der Waals surface area contributed by atoms with Crippen molar-refractivity contribution in [2.24, 2.45) is 0 Å². The molecule has 3 heteroatoms. The van der Waals surface area contributed by atoms with Crippen molar-refractivity contribution in [2.45, 2.75) is 18.2 Å². The molecular formula is C17H19NOS. The summed E-state index contributed by atoms with van der Waals surface area (Å²) in [5.41, 5.74) is 5.19. The number of anilines is 1. The predicted octanol–water partition coefficient (Wildman–Crippen LogP) is 3.62. The van der Waals surface area contributed by atoms with Gasteiger partial charge in [0.2, 0.25) is 0 Å². The summed E-state index contributed by atoms with van der Waals surface area (Å²) in [5.74, 6) is 2.22. The van der Waals surface area contributed by atoms with Gasteiger partial charge in [0.05, 0.1) is 6.04 Å². The molecule has 2 N–H and O–H groups in total. The molecule has 20 heavy (non-hydrogen) atoms. The molecule has 0 bridgehead atoms. The van der Waals surface area contributed by atoms with E-state index in [1.165, 1.54) is 16.7 Å². The second-order valence-corrected chi connectivity index (χ2v) is 6.11. The van der Waals surface area contributed by atoms with Crippen LogP contribution in [-0.2, 0) is 12.2 Å². The van der Waals surface area contributed by atoms with E-state index in [-0.39, 0.29) is 6.61 Å². The van der Waals surface area contributed by atoms with E-state index >= 15 is 0 Å². The predicted molar refractivity (Wildman–Crippen MR) is 86.2 cm³/mol. The van der Waals surface area contributed by atoms with Crippen molar-refractivity contribution in [2.75, 3.05) is 17.7 Å². The zero-order valence-electron chi connectivity index (χ0n) is 11.4. The third-order valence-corrected chi connectivity index (χ3v) is 4.75. The average Bonchev–Trinajstić information content (AvgIpc) is 2.50. The van der Waals surface area contributed by atoms with Crippen LogP contribution in [0, 0.1) is 0 Å². The first-order valence-electron chi connectivity index (χ1n) is 6.99. The second-order valence-electron chi connectivity index (χ2n) is 5.08. The van der Waals surface area contributed by atoms with Crippen LogP contribution in [0.3, 0.4) is 0 Å². The Balaban J connectivity index is 1.75. The lowest BCUT2D eigenvalue weighted by atomic mass is 10.0. The summed E-state index contributed by atoms with van der Waals surface area (Å²) < 4.78 is 0. The molecule has 2 nitrogen and oxygen atoms in total. The first-order valence-corrected chi connectivity index (χ1v) is 8.14. The first kappa shape index (κ1) is 13.5. The lowest BCUT2D eigenvalue weighted by Gasteiger charge is -2.27. The molecule has 2 aromatic carbocycles. The second kappa shape index (κ2) is 6.33. The molecule has 0 radical (unpaired) electrons. The molecule has 1 unspecified atom stereocenters. The highest BCUT2D eigenvalue weighted by Gasteiger charge is 2.19. The van der Waals surface area contributed by atoms with Crippen LogP contribution in [0.25, 0.3) is 0 Å². The van der Waals surface area contributed by atoms with Gasteiger partial charge in [-0.05, 0) is 35.2 Å². The molecular weight excluding hydrogens is 266 g/mol. The number of aliphatic hydroxyl groups is 1. The van der Waals surface area contributed by atoms with E-state index in [9.17, 15) is 0 Å². The third-order valence-electron chi connectivity index (χ3n) is 3.67. The van der Waals surface area contributed by atoms with Crippen molar-refractivity contribution in [3.63, 3.8) is 0 Å². The molecule has 1 aliphatic rings. The SMILES string of the molecule is OCCc1ccc(NC2CSCc3ccccc32)cc1. The van der Waals surface area contributed by atoms with Crippen LogP contribution in [0.15, 0.2) is 48.5 Å². The van der Waals surface area contributed by atoms with E-state index in [1.54, 1.807) is 0 Å². The maximum atomic E-state index is 8.94. The molecule has 0 fully saturated rings. The fourth-order valence-corrected chi connectivity index (χ4v) is 3.70. The summed E-state index contributed by atoms with van der Waals surface area (Å²) in [4.78, 5) is 0. The summed E-state index contributed by atoms with van der Waals surface area (Å²) in [7, 11) is 0. The van der Waals surface area contributed by atoms with Gasteiger partial charge in [0.25, 0.3) is 0 Å². The van der Waals surface area contributed by atoms with Gasteiger partial charge in [-0.25, -0.2) is 0 Å². The monoisotopic (exact) mass is 285 g/mol. The van der Waals surface area contributed by atoms with Gasteiger partial charge in [-0.3, -0.25) is 0 Å². The fourth-order valence-electron chi connectivity index (χ4n) is 2.60. The van der Waals surface area contributed by atoms with Crippen LogP contribution in [0.1, 0.15) is 22.7 Å². The number of benzene rings is 2. The number of aliphatic hydroxyl groups excluding tert-OH is 1. The van der Waals surface area contributed by atoms with Crippen molar-refractivity contribution in [1.29, 1.82) is 0 Å². The van der Waals surface area contributed by atoms with Crippen LogP contribution in [0.4, 0.5) is 5.69 Å². The van der Waals surface area contributed by atoms with Crippen molar-refractivity contribution >= 4 is 17.4 Å². The van der Waals surface area contributed by atoms with E-state index < -0.39 is 0 Å². The van der Waals surface area contributed by atoms with Gasteiger partial charge in [-0.2, -0.15) is 11.8 Å². The highest BCUT2D eigenvalue weighted by molar-refractivity contribution is 7.98. The molecule has 0 saturated heterocycles. The maximum absolute atomic E-state index is 8.94. The highest BCUT2D eigenvalue weighted by atomic mass is 32.2. The Morgan fingerprint density at radius 2 is 1.90 bits per heavy atom. The quantitative estimate of drug-likeness (QED) is 0.900. The van der Waals surface area contributed by atoms with E-state index in [4.69, 9.17) is 5.11 Å². The minimum atomic E-state index is 0.208. The smallest absolute Gasteiger partial charge is 0.0607 e. The van der Waals surface area contributed by atoms with Crippen LogP contribution >= 0.6 is 11.8 Å². The van der Waals surface area contributed by atoms with Crippen LogP contribution in [-0.4, -0.2) is 17.5 Å². The largest absolute Gasteiger partial charge is 0.396 e. The van der Waals surface area contributed by atoms with E-state index in [0.717, 1.165) is 23.6 Å². The van der Waals surface area contributed by atoms with E-state index in [1.807, 2.05) is 11.8 Å². The van der Waals surface area contributed by atoms with Gasteiger partial charge in [-0.1, -0.05) is 36.4 Å². The van der Waals surface area contributed by atoms with Crippen LogP contribution in [0.2, 0.25) is 0 Å². The number of thioether (sulfide) groups is 1. The van der Waals surface area contributed by atoms with E-state index in [2.05, 4.69) is 53.8 Å². The molecule has 2 aromatic rings. The zero-order chi connectivity index (χ0) is 13.8. The molecule has 0 aliphatic carbocycles. The number of hydrogen-bond acceptors (Lipinski definition) is 3. The molecule has 1 aliphatic heterocycles. The summed E-state index contributed by atoms with van der Waals surface area (Å²) in [6.07, 6.45) is 0.725. The van der Waals surface area contributed by atoms with Crippen molar-refractivity contribution < 1.29 is 5.11 Å². The number of fused-ring (bicyclic) bond motifs is 1. The standard InChI is InChI=1S/C17H19NOS/c19-10-9-13-5-7-15(8-6-13)18-17-12-20-11-14-3-1-2-4-16(14)17/h1-8,17-19H,9-12H2.